The molecule has 29 heavy (non-hydrogen) atoms. The number of aliphatic imine (C=N–C) groups is 1. The molecule has 1 unspecified atom stereocenters. The van der Waals surface area contributed by atoms with E-state index < -0.39 is 5.91 Å². The number of nitrogens with one attached hydrogen (secondary N) is 1. The first kappa shape index (κ1) is 23.5. The third kappa shape index (κ3) is 7.22. The largest absolute Gasteiger partial charge is 0.366 e. The van der Waals surface area contributed by atoms with Gasteiger partial charge in [0.2, 0.25) is 5.91 Å². The lowest BCUT2D eigenvalue weighted by molar-refractivity contribution is 0.100. The predicted octanol–water partition coefficient (Wildman–Crippen LogP) is 3.98. The summed E-state index contributed by atoms with van der Waals surface area (Å²) in [5, 5.41) is 3.41. The van der Waals surface area contributed by atoms with Crippen LogP contribution in [0.3, 0.4) is 0 Å². The Morgan fingerprint density at radius 1 is 1.21 bits per heavy atom. The summed E-state index contributed by atoms with van der Waals surface area (Å²) in [6.45, 7) is 5.59. The van der Waals surface area contributed by atoms with Gasteiger partial charge in [0.1, 0.15) is 0 Å². The summed E-state index contributed by atoms with van der Waals surface area (Å²) in [4.78, 5) is 19.7. The molecule has 1 heterocycles. The van der Waals surface area contributed by atoms with Crippen molar-refractivity contribution < 1.29 is 4.79 Å². The van der Waals surface area contributed by atoms with Crippen molar-refractivity contribution in [3.05, 3.63) is 65.7 Å². The topological polar surface area (TPSA) is 70.7 Å². The van der Waals surface area contributed by atoms with Gasteiger partial charge >= 0.3 is 0 Å². The molecule has 3 N–H and O–H groups in total. The van der Waals surface area contributed by atoms with E-state index in [1.165, 1.54) is 11.3 Å². The second-order valence-corrected chi connectivity index (χ2v) is 8.05. The van der Waals surface area contributed by atoms with E-state index in [4.69, 9.17) is 10.7 Å². The number of carbonyl (C=O) groups excluding carboxylic acids is 1. The Balaban J connectivity index is 0.00000300. The summed E-state index contributed by atoms with van der Waals surface area (Å²) < 4.78 is 0. The average molecular weight is 524 g/mol. The van der Waals surface area contributed by atoms with Crippen molar-refractivity contribution in [3.63, 3.8) is 0 Å². The summed E-state index contributed by atoms with van der Waals surface area (Å²) in [5.41, 5.74) is 6.89. The molecule has 156 valence electrons. The number of carbonyl (C=O) groups is 1. The number of rotatable bonds is 7. The molecule has 0 aliphatic carbocycles. The van der Waals surface area contributed by atoms with E-state index in [-0.39, 0.29) is 24.0 Å². The van der Waals surface area contributed by atoms with Gasteiger partial charge in [0.15, 0.2) is 5.96 Å². The number of amides is 1. The van der Waals surface area contributed by atoms with Crippen LogP contribution in [0.25, 0.3) is 0 Å². The fourth-order valence-electron chi connectivity index (χ4n) is 3.26. The molecule has 1 fully saturated rings. The molecule has 3 rings (SSSR count). The maximum absolute atomic E-state index is 11.2. The lowest BCUT2D eigenvalue weighted by Crippen LogP contribution is -2.40. The highest BCUT2D eigenvalue weighted by molar-refractivity contribution is 14.0. The highest BCUT2D eigenvalue weighted by Gasteiger charge is 2.24. The lowest BCUT2D eigenvalue weighted by atomic mass is 10.1. The Kier molecular flexibility index (Phi) is 9.80. The van der Waals surface area contributed by atoms with Gasteiger partial charge in [0.05, 0.1) is 6.54 Å². The zero-order valence-corrected chi connectivity index (χ0v) is 19.9. The maximum Gasteiger partial charge on any atom is 0.248 e. The van der Waals surface area contributed by atoms with Crippen molar-refractivity contribution in [3.8, 4) is 0 Å². The number of likely N-dealkylation sites (tertiary alicyclic amines) is 1. The van der Waals surface area contributed by atoms with Crippen molar-refractivity contribution in [2.45, 2.75) is 24.8 Å². The maximum atomic E-state index is 11.2. The molecule has 0 aromatic heterocycles. The lowest BCUT2D eigenvalue weighted by Gasteiger charge is -2.21. The Labute approximate surface area is 194 Å². The van der Waals surface area contributed by atoms with E-state index in [1.54, 1.807) is 12.1 Å². The van der Waals surface area contributed by atoms with E-state index in [0.717, 1.165) is 36.9 Å². The van der Waals surface area contributed by atoms with Gasteiger partial charge in [-0.2, -0.15) is 0 Å². The minimum absolute atomic E-state index is 0. The summed E-state index contributed by atoms with van der Waals surface area (Å²) in [6.07, 6.45) is 1.19. The predicted molar refractivity (Wildman–Crippen MR) is 132 cm³/mol. The van der Waals surface area contributed by atoms with Gasteiger partial charge in [-0.3, -0.25) is 4.79 Å². The van der Waals surface area contributed by atoms with Crippen LogP contribution in [-0.4, -0.2) is 42.2 Å². The summed E-state index contributed by atoms with van der Waals surface area (Å²) in [6, 6.07) is 17.9. The Hall–Kier alpha value is -1.74. The molecule has 5 nitrogen and oxygen atoms in total. The third-order valence-corrected chi connectivity index (χ3v) is 6.04. The average Bonchev–Trinajstić information content (AvgIpc) is 3.19. The first-order chi connectivity index (χ1) is 13.7. The second-order valence-electron chi connectivity index (χ2n) is 6.96. The van der Waals surface area contributed by atoms with Crippen molar-refractivity contribution in [1.82, 2.24) is 10.2 Å². The number of guanidine groups is 1. The number of hydrogen-bond donors (Lipinski definition) is 2. The minimum Gasteiger partial charge on any atom is -0.366 e. The molecule has 2 aromatic rings. The van der Waals surface area contributed by atoms with Crippen LogP contribution in [0.5, 0.6) is 0 Å². The molecule has 0 saturated carbocycles. The molecular formula is C22H29IN4OS. The van der Waals surface area contributed by atoms with E-state index in [1.807, 2.05) is 23.9 Å². The van der Waals surface area contributed by atoms with E-state index in [0.29, 0.717) is 18.0 Å². The van der Waals surface area contributed by atoms with Crippen LogP contribution in [-0.2, 0) is 6.54 Å². The quantitative estimate of drug-likeness (QED) is 0.249. The molecule has 0 bridgehead atoms. The first-order valence-corrected chi connectivity index (χ1v) is 10.7. The van der Waals surface area contributed by atoms with Gasteiger partial charge in [-0.1, -0.05) is 30.3 Å². The summed E-state index contributed by atoms with van der Waals surface area (Å²) in [7, 11) is 0. The van der Waals surface area contributed by atoms with Gasteiger partial charge in [0, 0.05) is 35.8 Å². The third-order valence-electron chi connectivity index (χ3n) is 4.80. The van der Waals surface area contributed by atoms with Crippen LogP contribution in [0.15, 0.2) is 64.5 Å². The first-order valence-electron chi connectivity index (χ1n) is 9.75. The van der Waals surface area contributed by atoms with E-state index >= 15 is 0 Å². The molecule has 1 atom stereocenters. The number of primary amides is 1. The van der Waals surface area contributed by atoms with Crippen LogP contribution in [0.1, 0.15) is 29.3 Å². The number of benzene rings is 2. The normalized spacial score (nSPS) is 16.4. The zero-order valence-electron chi connectivity index (χ0n) is 16.7. The van der Waals surface area contributed by atoms with Crippen LogP contribution >= 0.6 is 35.7 Å². The molecule has 1 aliphatic rings. The van der Waals surface area contributed by atoms with E-state index in [9.17, 15) is 4.79 Å². The highest BCUT2D eigenvalue weighted by Crippen LogP contribution is 2.26. The molecule has 1 amide bonds. The molecule has 2 aromatic carbocycles. The van der Waals surface area contributed by atoms with Gasteiger partial charge in [-0.25, -0.2) is 4.99 Å². The van der Waals surface area contributed by atoms with Crippen LogP contribution in [0.2, 0.25) is 0 Å². The van der Waals surface area contributed by atoms with Crippen molar-refractivity contribution >= 4 is 47.6 Å². The van der Waals surface area contributed by atoms with Crippen molar-refractivity contribution in [2.24, 2.45) is 16.6 Å². The van der Waals surface area contributed by atoms with Gasteiger partial charge in [0.25, 0.3) is 0 Å². The summed E-state index contributed by atoms with van der Waals surface area (Å²) >= 11 is 1.93. The van der Waals surface area contributed by atoms with Crippen molar-refractivity contribution in [1.29, 1.82) is 0 Å². The smallest absolute Gasteiger partial charge is 0.248 e. The summed E-state index contributed by atoms with van der Waals surface area (Å²) in [5.74, 6) is 2.37. The second kappa shape index (κ2) is 12.1. The van der Waals surface area contributed by atoms with Gasteiger partial charge in [-0.15, -0.1) is 35.7 Å². The number of nitrogens with zero attached hydrogens (tertiary/aromatic N) is 2. The Morgan fingerprint density at radius 3 is 2.59 bits per heavy atom. The zero-order chi connectivity index (χ0) is 19.8. The van der Waals surface area contributed by atoms with Gasteiger partial charge in [-0.05, 0) is 49.1 Å². The number of thioether (sulfide) groups is 1. The van der Waals surface area contributed by atoms with Crippen LogP contribution in [0.4, 0.5) is 0 Å². The SMILES string of the molecule is CCNC(=NCc1ccc(C(N)=O)cc1)N1CCC(CSc2ccccc2)C1.I. The molecule has 0 radical (unpaired) electrons. The standard InChI is InChI=1S/C22H28N4OS.HI/c1-2-24-22(25-14-17-8-10-19(11-9-17)21(23)27)26-13-12-18(15-26)16-28-20-6-4-3-5-7-20;/h3-11,18H,2,12-16H2,1H3,(H2,23,27)(H,24,25);1H. The number of nitrogens with two attached hydrogens (primary N) is 1. The highest BCUT2D eigenvalue weighted by atomic mass is 127. The number of hydrogen-bond acceptors (Lipinski definition) is 3. The molecule has 7 heteroatoms. The van der Waals surface area contributed by atoms with Crippen LogP contribution in [0, 0.1) is 5.92 Å². The molecule has 1 aliphatic heterocycles. The van der Waals surface area contributed by atoms with Gasteiger partial charge < -0.3 is 16.0 Å². The monoisotopic (exact) mass is 524 g/mol. The fraction of sp³-hybridized carbons (Fsp3) is 0.364. The Bertz CT molecular complexity index is 798. The molecular weight excluding hydrogens is 495 g/mol. The Morgan fingerprint density at radius 2 is 1.93 bits per heavy atom. The van der Waals surface area contributed by atoms with Crippen LogP contribution < -0.4 is 11.1 Å². The minimum atomic E-state index is -0.403. The van der Waals surface area contributed by atoms with Crippen molar-refractivity contribution in [2.75, 3.05) is 25.4 Å². The fourth-order valence-corrected chi connectivity index (χ4v) is 4.31. The molecule has 1 saturated heterocycles. The van der Waals surface area contributed by atoms with E-state index in [2.05, 4.69) is 47.5 Å². The number of halogens is 1. The molecule has 0 spiro atoms.